The van der Waals surface area contributed by atoms with Gasteiger partial charge < -0.3 is 9.26 Å². The smallest absolute Gasteiger partial charge is 0.360 e. The summed E-state index contributed by atoms with van der Waals surface area (Å²) in [5.74, 6) is -0.271. The summed E-state index contributed by atoms with van der Waals surface area (Å²) in [7, 11) is -3.62. The summed E-state index contributed by atoms with van der Waals surface area (Å²) in [6.45, 7) is 2.17. The van der Waals surface area contributed by atoms with Crippen LogP contribution in [0.1, 0.15) is 22.3 Å². The van der Waals surface area contributed by atoms with Crippen LogP contribution in [0, 0.1) is 0 Å². The van der Waals surface area contributed by atoms with Gasteiger partial charge >= 0.3 is 5.97 Å². The molecule has 0 bridgehead atoms. The molecule has 0 aliphatic heterocycles. The van der Waals surface area contributed by atoms with E-state index in [-0.39, 0.29) is 23.1 Å². The molecule has 0 fully saturated rings. The summed E-state index contributed by atoms with van der Waals surface area (Å²) in [6, 6.07) is 8.25. The third kappa shape index (κ3) is 4.15. The minimum atomic E-state index is -3.62. The quantitative estimate of drug-likeness (QED) is 0.614. The first kappa shape index (κ1) is 17.8. The molecule has 7 nitrogen and oxygen atoms in total. The molecule has 0 atom stereocenters. The zero-order valence-corrected chi connectivity index (χ0v) is 15.5. The average molecular weight is 398 g/mol. The van der Waals surface area contributed by atoms with Crippen molar-refractivity contribution in [2.45, 2.75) is 17.7 Å². The highest BCUT2D eigenvalue weighted by Gasteiger charge is 2.20. The van der Waals surface area contributed by atoms with Crippen molar-refractivity contribution in [1.82, 2.24) is 9.88 Å². The molecule has 0 saturated heterocycles. The topological polar surface area (TPSA) is 98.5 Å². The molecule has 0 radical (unpaired) electrons. The van der Waals surface area contributed by atoms with Gasteiger partial charge in [-0.05, 0) is 30.5 Å². The van der Waals surface area contributed by atoms with Crippen molar-refractivity contribution in [3.8, 4) is 10.6 Å². The zero-order valence-electron chi connectivity index (χ0n) is 13.1. The normalized spacial score (nSPS) is 11.6. The molecule has 0 amide bonds. The van der Waals surface area contributed by atoms with Gasteiger partial charge in [-0.1, -0.05) is 11.2 Å². The Balaban J connectivity index is 1.74. The number of ether oxygens (including phenoxy) is 1. The van der Waals surface area contributed by atoms with Crippen LogP contribution in [-0.2, 0) is 21.3 Å². The molecule has 0 spiro atoms. The Morgan fingerprint density at radius 2 is 2.20 bits per heavy atom. The van der Waals surface area contributed by atoms with E-state index in [9.17, 15) is 13.2 Å². The van der Waals surface area contributed by atoms with Gasteiger partial charge in [-0.3, -0.25) is 0 Å². The van der Waals surface area contributed by atoms with Gasteiger partial charge in [0.1, 0.15) is 4.21 Å². The number of esters is 1. The number of thiophene rings is 2. The molecule has 0 unspecified atom stereocenters. The van der Waals surface area contributed by atoms with Gasteiger partial charge in [0, 0.05) is 17.5 Å². The summed E-state index contributed by atoms with van der Waals surface area (Å²) < 4.78 is 37.4. The standard InChI is InChI=1S/C15H14N2O5S3/c1-2-21-15(18)11-8-12(22-17-11)13-5-6-14(24-13)25(19,20)16-9-10-4-3-7-23-10/h3-8,16H,2,9H2,1H3. The van der Waals surface area contributed by atoms with Crippen molar-refractivity contribution in [1.29, 1.82) is 0 Å². The van der Waals surface area contributed by atoms with Gasteiger partial charge in [-0.15, -0.1) is 22.7 Å². The second-order valence-electron chi connectivity index (χ2n) is 4.82. The fraction of sp³-hybridized carbons (Fsp3) is 0.200. The summed E-state index contributed by atoms with van der Waals surface area (Å²) >= 11 is 2.52. The molecule has 3 rings (SSSR count). The van der Waals surface area contributed by atoms with E-state index in [0.717, 1.165) is 16.2 Å². The van der Waals surface area contributed by atoms with E-state index in [1.54, 1.807) is 13.0 Å². The molecule has 10 heteroatoms. The van der Waals surface area contributed by atoms with Crippen LogP contribution in [0.3, 0.4) is 0 Å². The minimum absolute atomic E-state index is 0.0467. The van der Waals surface area contributed by atoms with Crippen molar-refractivity contribution in [3.63, 3.8) is 0 Å². The lowest BCUT2D eigenvalue weighted by Gasteiger charge is -2.02. The SMILES string of the molecule is CCOC(=O)c1cc(-c2ccc(S(=O)(=O)NCc3cccs3)s2)on1. The lowest BCUT2D eigenvalue weighted by molar-refractivity contribution is 0.0514. The molecule has 0 aromatic carbocycles. The Kier molecular flexibility index (Phi) is 5.33. The first-order chi connectivity index (χ1) is 12.0. The highest BCUT2D eigenvalue weighted by Crippen LogP contribution is 2.31. The molecule has 3 aromatic rings. The first-order valence-corrected chi connectivity index (χ1v) is 10.4. The average Bonchev–Trinajstić information content (AvgIpc) is 3.33. The van der Waals surface area contributed by atoms with Crippen molar-refractivity contribution < 1.29 is 22.5 Å². The Hall–Kier alpha value is -2.01. The molecule has 3 heterocycles. The van der Waals surface area contributed by atoms with E-state index in [4.69, 9.17) is 9.26 Å². The van der Waals surface area contributed by atoms with Gasteiger partial charge in [0.2, 0.25) is 10.0 Å². The maximum absolute atomic E-state index is 12.4. The maximum Gasteiger partial charge on any atom is 0.360 e. The Morgan fingerprint density at radius 3 is 2.92 bits per heavy atom. The van der Waals surface area contributed by atoms with E-state index in [2.05, 4.69) is 9.88 Å². The molecule has 0 saturated carbocycles. The third-order valence-corrected chi connectivity index (χ3v) is 6.97. The number of aromatic nitrogens is 1. The number of carbonyl (C=O) groups is 1. The fourth-order valence-corrected chi connectivity index (χ4v) is 4.98. The summed E-state index contributed by atoms with van der Waals surface area (Å²) in [6.07, 6.45) is 0. The van der Waals surface area contributed by atoms with E-state index in [1.165, 1.54) is 23.5 Å². The minimum Gasteiger partial charge on any atom is -0.461 e. The third-order valence-electron chi connectivity index (χ3n) is 3.10. The summed E-state index contributed by atoms with van der Waals surface area (Å²) in [5.41, 5.74) is 0.0467. The van der Waals surface area contributed by atoms with Gasteiger partial charge in [0.25, 0.3) is 0 Å². The van der Waals surface area contributed by atoms with Crippen LogP contribution < -0.4 is 4.72 Å². The molecule has 1 N–H and O–H groups in total. The Bertz CT molecular complexity index is 957. The molecule has 132 valence electrons. The molecule has 25 heavy (non-hydrogen) atoms. The van der Waals surface area contributed by atoms with Crippen LogP contribution in [0.15, 0.2) is 44.4 Å². The molecule has 0 aliphatic rings. The predicted molar refractivity (Wildman–Crippen MR) is 94.1 cm³/mol. The van der Waals surface area contributed by atoms with Crippen LogP contribution in [0.25, 0.3) is 10.6 Å². The van der Waals surface area contributed by atoms with Crippen LogP contribution in [0.4, 0.5) is 0 Å². The highest BCUT2D eigenvalue weighted by molar-refractivity contribution is 7.91. The van der Waals surface area contributed by atoms with Crippen LogP contribution >= 0.6 is 22.7 Å². The first-order valence-electron chi connectivity index (χ1n) is 7.25. The van der Waals surface area contributed by atoms with Crippen LogP contribution in [0.2, 0.25) is 0 Å². The van der Waals surface area contributed by atoms with Crippen LogP contribution in [-0.4, -0.2) is 26.2 Å². The number of nitrogens with one attached hydrogen (secondary N) is 1. The van der Waals surface area contributed by atoms with E-state index >= 15 is 0 Å². The van der Waals surface area contributed by atoms with Crippen molar-refractivity contribution in [2.75, 3.05) is 6.61 Å². The second kappa shape index (κ2) is 7.48. The molecular formula is C15H14N2O5S3. The molecule has 3 aromatic heterocycles. The lowest BCUT2D eigenvalue weighted by atomic mass is 10.3. The monoisotopic (exact) mass is 398 g/mol. The fourth-order valence-electron chi connectivity index (χ4n) is 1.94. The van der Waals surface area contributed by atoms with Crippen molar-refractivity contribution in [3.05, 3.63) is 46.3 Å². The highest BCUT2D eigenvalue weighted by atomic mass is 32.2. The largest absolute Gasteiger partial charge is 0.461 e. The van der Waals surface area contributed by atoms with Crippen molar-refractivity contribution in [2.24, 2.45) is 0 Å². The summed E-state index contributed by atoms with van der Waals surface area (Å²) in [4.78, 5) is 13.1. The Morgan fingerprint density at radius 1 is 1.36 bits per heavy atom. The number of hydrogen-bond acceptors (Lipinski definition) is 8. The predicted octanol–water partition coefficient (Wildman–Crippen LogP) is 3.12. The number of hydrogen-bond donors (Lipinski definition) is 1. The van der Waals surface area contributed by atoms with E-state index in [1.807, 2.05) is 17.5 Å². The number of rotatable bonds is 7. The Labute approximate surface area is 152 Å². The van der Waals surface area contributed by atoms with E-state index < -0.39 is 16.0 Å². The van der Waals surface area contributed by atoms with Crippen LogP contribution in [0.5, 0.6) is 0 Å². The van der Waals surface area contributed by atoms with Gasteiger partial charge in [0.05, 0.1) is 11.5 Å². The number of carbonyl (C=O) groups excluding carboxylic acids is 1. The molecular weight excluding hydrogens is 384 g/mol. The second-order valence-corrected chi connectivity index (χ2v) is 8.93. The lowest BCUT2D eigenvalue weighted by Crippen LogP contribution is -2.21. The zero-order chi connectivity index (χ0) is 17.9. The number of nitrogens with zero attached hydrogens (tertiary/aromatic N) is 1. The van der Waals surface area contributed by atoms with E-state index in [0.29, 0.717) is 10.6 Å². The molecule has 0 aliphatic carbocycles. The van der Waals surface area contributed by atoms with Gasteiger partial charge in [-0.2, -0.15) is 0 Å². The van der Waals surface area contributed by atoms with Gasteiger partial charge in [-0.25, -0.2) is 17.9 Å². The maximum atomic E-state index is 12.4. The number of sulfonamides is 1. The summed E-state index contributed by atoms with van der Waals surface area (Å²) in [5, 5.41) is 5.53. The van der Waals surface area contributed by atoms with Gasteiger partial charge in [0.15, 0.2) is 11.5 Å². The van der Waals surface area contributed by atoms with Crippen molar-refractivity contribution >= 4 is 38.7 Å².